The molecule has 4 aromatic rings. The van der Waals surface area contributed by atoms with Crippen LogP contribution in [-0.2, 0) is 34.9 Å². The van der Waals surface area contributed by atoms with E-state index in [-0.39, 0.29) is 0 Å². The Balaban J connectivity index is 1.38. The van der Waals surface area contributed by atoms with E-state index in [1.165, 1.54) is 11.1 Å². The topological polar surface area (TPSA) is 84.6 Å². The molecule has 8 nitrogen and oxygen atoms in total. The van der Waals surface area contributed by atoms with Gasteiger partial charge >= 0.3 is 0 Å². The van der Waals surface area contributed by atoms with Crippen molar-refractivity contribution in [2.75, 3.05) is 55.8 Å². The van der Waals surface area contributed by atoms with Crippen molar-refractivity contribution in [3.8, 4) is 11.4 Å². The lowest BCUT2D eigenvalue weighted by Crippen LogP contribution is -2.37. The summed E-state index contributed by atoms with van der Waals surface area (Å²) in [6.45, 7) is 5.19. The maximum atomic E-state index is 11.8. The molecule has 0 saturated carbocycles. The maximum Gasteiger partial charge on any atom is 0.229 e. The third kappa shape index (κ3) is 4.31. The molecule has 0 spiro atoms. The number of anilines is 1. The third-order valence-corrected chi connectivity index (χ3v) is 9.24. The van der Waals surface area contributed by atoms with Crippen LogP contribution in [0.2, 0.25) is 5.02 Å². The van der Waals surface area contributed by atoms with Crippen molar-refractivity contribution in [1.29, 1.82) is 0 Å². The van der Waals surface area contributed by atoms with Crippen LogP contribution in [-0.4, -0.2) is 75.0 Å². The van der Waals surface area contributed by atoms with Gasteiger partial charge in [-0.2, -0.15) is 0 Å². The zero-order valence-electron chi connectivity index (χ0n) is 20.5. The largest absolute Gasteiger partial charge is 0.432 e. The summed E-state index contributed by atoms with van der Waals surface area (Å²) in [4.78, 5) is 19.4. The molecule has 2 fully saturated rings. The van der Waals surface area contributed by atoms with Crippen LogP contribution in [0.25, 0.3) is 33.6 Å². The standard InChI is InChI=1S/C27H28ClN5O3S/c28-21-5-4-18-2-1-3-19(18)22(21)25-30-23-20-14-17(16-32-8-12-37(34)13-9-32)15-29-27(20)36-24(23)26(31-25)33-6-10-35-11-7-33/h4-5,14-15H,1-3,6-13,16H2. The second kappa shape index (κ2) is 9.62. The fourth-order valence-corrected chi connectivity index (χ4v) is 7.11. The molecule has 5 heterocycles. The van der Waals surface area contributed by atoms with Crippen LogP contribution in [0.3, 0.4) is 0 Å². The fraction of sp³-hybridized carbons (Fsp3) is 0.444. The van der Waals surface area contributed by atoms with E-state index >= 15 is 0 Å². The molecule has 0 bridgehead atoms. The third-order valence-electron chi connectivity index (χ3n) is 7.65. The highest BCUT2D eigenvalue weighted by atomic mass is 35.5. The molecule has 10 heteroatoms. The number of furan rings is 1. The predicted octanol–water partition coefficient (Wildman–Crippen LogP) is 3.98. The molecule has 1 aliphatic carbocycles. The molecular formula is C27H28ClN5O3S. The highest BCUT2D eigenvalue weighted by Gasteiger charge is 2.27. The monoisotopic (exact) mass is 537 g/mol. The van der Waals surface area contributed by atoms with Gasteiger partial charge in [0.05, 0.1) is 23.6 Å². The van der Waals surface area contributed by atoms with Gasteiger partial charge in [-0.05, 0) is 48.1 Å². The summed E-state index contributed by atoms with van der Waals surface area (Å²) in [5.41, 5.74) is 6.60. The molecule has 37 heavy (non-hydrogen) atoms. The number of halogens is 1. The van der Waals surface area contributed by atoms with Gasteiger partial charge in [-0.3, -0.25) is 9.11 Å². The van der Waals surface area contributed by atoms with Crippen molar-refractivity contribution >= 4 is 50.4 Å². The van der Waals surface area contributed by atoms with Gasteiger partial charge in [0.1, 0.15) is 5.52 Å². The summed E-state index contributed by atoms with van der Waals surface area (Å²) in [7, 11) is -0.695. The van der Waals surface area contributed by atoms with Crippen molar-refractivity contribution in [3.63, 3.8) is 0 Å². The van der Waals surface area contributed by atoms with E-state index in [0.717, 1.165) is 91.3 Å². The van der Waals surface area contributed by atoms with Gasteiger partial charge in [-0.15, -0.1) is 0 Å². The number of pyridine rings is 1. The minimum atomic E-state index is -0.695. The molecule has 2 saturated heterocycles. The van der Waals surface area contributed by atoms with Gasteiger partial charge in [0.2, 0.25) is 5.71 Å². The van der Waals surface area contributed by atoms with Gasteiger partial charge < -0.3 is 14.1 Å². The Bertz CT molecular complexity index is 1520. The zero-order valence-corrected chi connectivity index (χ0v) is 22.1. The highest BCUT2D eigenvalue weighted by molar-refractivity contribution is 7.85. The average molecular weight is 538 g/mol. The lowest BCUT2D eigenvalue weighted by atomic mass is 10.0. The molecule has 192 valence electrons. The summed E-state index contributed by atoms with van der Waals surface area (Å²) in [6.07, 6.45) is 5.04. The van der Waals surface area contributed by atoms with Crippen molar-refractivity contribution in [2.45, 2.75) is 25.8 Å². The van der Waals surface area contributed by atoms with E-state index < -0.39 is 10.8 Å². The first kappa shape index (κ1) is 23.5. The lowest BCUT2D eigenvalue weighted by Gasteiger charge is -2.28. The first-order valence-corrected chi connectivity index (χ1v) is 14.8. The van der Waals surface area contributed by atoms with Gasteiger partial charge in [-0.25, -0.2) is 15.0 Å². The van der Waals surface area contributed by atoms with Gasteiger partial charge in [0.25, 0.3) is 0 Å². The van der Waals surface area contributed by atoms with Crippen LogP contribution in [0.5, 0.6) is 0 Å². The molecule has 0 radical (unpaired) electrons. The van der Waals surface area contributed by atoms with E-state index in [9.17, 15) is 4.21 Å². The first-order valence-electron chi connectivity index (χ1n) is 12.9. The van der Waals surface area contributed by atoms with E-state index in [2.05, 4.69) is 26.9 Å². The zero-order chi connectivity index (χ0) is 24.9. The molecule has 7 rings (SSSR count). The van der Waals surface area contributed by atoms with E-state index in [0.29, 0.717) is 35.4 Å². The number of hydrogen-bond donors (Lipinski definition) is 0. The second-order valence-corrected chi connectivity index (χ2v) is 12.1. The van der Waals surface area contributed by atoms with Crippen LogP contribution < -0.4 is 4.90 Å². The van der Waals surface area contributed by atoms with Crippen LogP contribution in [0.4, 0.5) is 5.82 Å². The number of benzene rings is 1. The minimum absolute atomic E-state index is 0.559. The minimum Gasteiger partial charge on any atom is -0.432 e. The smallest absolute Gasteiger partial charge is 0.229 e. The Hall–Kier alpha value is -2.59. The Labute approximate surface area is 222 Å². The van der Waals surface area contributed by atoms with Crippen LogP contribution in [0.1, 0.15) is 23.1 Å². The predicted molar refractivity (Wildman–Crippen MR) is 146 cm³/mol. The molecule has 0 amide bonds. The van der Waals surface area contributed by atoms with E-state index in [1.54, 1.807) is 0 Å². The molecule has 3 aliphatic rings. The number of hydrogen-bond acceptors (Lipinski definition) is 8. The van der Waals surface area contributed by atoms with Gasteiger partial charge in [0.15, 0.2) is 17.2 Å². The summed E-state index contributed by atoms with van der Waals surface area (Å²) in [5.74, 6) is 2.87. The first-order chi connectivity index (χ1) is 18.1. The highest BCUT2D eigenvalue weighted by Crippen LogP contribution is 2.40. The normalized spacial score (nSPS) is 19.2. The second-order valence-electron chi connectivity index (χ2n) is 9.98. The molecule has 0 atom stereocenters. The van der Waals surface area contributed by atoms with Crippen molar-refractivity contribution in [3.05, 3.63) is 46.1 Å². The van der Waals surface area contributed by atoms with Crippen LogP contribution in [0.15, 0.2) is 28.8 Å². The number of fused-ring (bicyclic) bond motifs is 4. The SMILES string of the molecule is O=S1CCN(Cc2cnc3oc4c(N5CCOCC5)nc(-c5c(Cl)ccc6c5CCC6)nc4c3c2)CC1. The Morgan fingerprint density at radius 2 is 1.89 bits per heavy atom. The molecule has 0 unspecified atom stereocenters. The van der Waals surface area contributed by atoms with E-state index in [1.807, 2.05) is 12.3 Å². The molecular weight excluding hydrogens is 510 g/mol. The van der Waals surface area contributed by atoms with Crippen molar-refractivity contribution in [1.82, 2.24) is 19.9 Å². The Kier molecular flexibility index (Phi) is 6.11. The number of aromatic nitrogens is 3. The summed E-state index contributed by atoms with van der Waals surface area (Å²) in [6, 6.07) is 6.24. The summed E-state index contributed by atoms with van der Waals surface area (Å²) < 4.78 is 23.7. The van der Waals surface area contributed by atoms with Gasteiger partial charge in [-0.1, -0.05) is 17.7 Å². The Morgan fingerprint density at radius 3 is 2.73 bits per heavy atom. The maximum absolute atomic E-state index is 11.8. The van der Waals surface area contributed by atoms with Gasteiger partial charge in [0, 0.05) is 66.8 Å². The van der Waals surface area contributed by atoms with Crippen molar-refractivity contribution < 1.29 is 13.4 Å². The Morgan fingerprint density at radius 1 is 1.05 bits per heavy atom. The number of morpholine rings is 1. The van der Waals surface area contributed by atoms with E-state index in [4.69, 9.17) is 30.7 Å². The number of nitrogens with zero attached hydrogens (tertiary/aromatic N) is 5. The number of ether oxygens (including phenoxy) is 1. The summed E-state index contributed by atoms with van der Waals surface area (Å²) in [5, 5.41) is 1.57. The lowest BCUT2D eigenvalue weighted by molar-refractivity contribution is 0.122. The number of rotatable bonds is 4. The average Bonchev–Trinajstić information content (AvgIpc) is 3.54. The van der Waals surface area contributed by atoms with Crippen LogP contribution >= 0.6 is 11.6 Å². The quantitative estimate of drug-likeness (QED) is 0.386. The summed E-state index contributed by atoms with van der Waals surface area (Å²) >= 11 is 6.79. The molecule has 2 aliphatic heterocycles. The fourth-order valence-electron chi connectivity index (χ4n) is 5.72. The van der Waals surface area contributed by atoms with Crippen LogP contribution in [0, 0.1) is 0 Å². The molecule has 3 aromatic heterocycles. The number of aryl methyl sites for hydroxylation is 1. The molecule has 0 N–H and O–H groups in total. The van der Waals surface area contributed by atoms with Crippen molar-refractivity contribution in [2.24, 2.45) is 0 Å². The molecule has 1 aromatic carbocycles.